The third-order valence-corrected chi connectivity index (χ3v) is 7.42. The standard InChI is InChI=1S/C16H17BrClN3OS/c1-9-4-2-3-5-20(9)15-10-8-11(18)12(17)14-13(10)21(6-7-23-14)16(22)19-15/h8-9H,2-7H2,1H3/t9-/m1/s1. The highest BCUT2D eigenvalue weighted by Crippen LogP contribution is 2.43. The molecule has 0 radical (unpaired) electrons. The second-order valence-corrected chi connectivity index (χ2v) is 8.46. The average Bonchev–Trinajstić information content (AvgIpc) is 2.55. The first kappa shape index (κ1) is 15.8. The van der Waals surface area contributed by atoms with Gasteiger partial charge in [0.2, 0.25) is 0 Å². The lowest BCUT2D eigenvalue weighted by Gasteiger charge is -2.35. The topological polar surface area (TPSA) is 38.1 Å². The summed E-state index contributed by atoms with van der Waals surface area (Å²) in [6.07, 6.45) is 3.51. The van der Waals surface area contributed by atoms with Crippen LogP contribution in [0.5, 0.6) is 0 Å². The number of hydrogen-bond acceptors (Lipinski definition) is 4. The van der Waals surface area contributed by atoms with E-state index in [1.165, 1.54) is 6.42 Å². The van der Waals surface area contributed by atoms with Crippen LogP contribution in [-0.2, 0) is 6.54 Å². The number of thioether (sulfide) groups is 1. The monoisotopic (exact) mass is 413 g/mol. The quantitative estimate of drug-likeness (QED) is 0.697. The van der Waals surface area contributed by atoms with E-state index in [9.17, 15) is 4.79 Å². The highest BCUT2D eigenvalue weighted by atomic mass is 79.9. The molecule has 3 heterocycles. The number of aryl methyl sites for hydroxylation is 1. The van der Waals surface area contributed by atoms with Gasteiger partial charge in [-0.2, -0.15) is 4.98 Å². The zero-order valence-electron chi connectivity index (χ0n) is 12.8. The normalized spacial score (nSPS) is 21.0. The first-order chi connectivity index (χ1) is 11.1. The Bertz CT molecular complexity index is 854. The van der Waals surface area contributed by atoms with Gasteiger partial charge in [-0.25, -0.2) is 4.79 Å². The van der Waals surface area contributed by atoms with Crippen LogP contribution in [0, 0.1) is 0 Å². The van der Waals surface area contributed by atoms with Crippen LogP contribution < -0.4 is 10.6 Å². The van der Waals surface area contributed by atoms with Crippen molar-refractivity contribution in [1.29, 1.82) is 0 Å². The Labute approximate surface area is 152 Å². The Hall–Kier alpha value is -0.720. The molecule has 1 aromatic heterocycles. The van der Waals surface area contributed by atoms with Gasteiger partial charge in [-0.1, -0.05) is 11.6 Å². The van der Waals surface area contributed by atoms with Crippen LogP contribution in [0.4, 0.5) is 5.82 Å². The summed E-state index contributed by atoms with van der Waals surface area (Å²) in [4.78, 5) is 20.4. The molecule has 0 unspecified atom stereocenters. The van der Waals surface area contributed by atoms with Crippen LogP contribution in [-0.4, -0.2) is 27.9 Å². The van der Waals surface area contributed by atoms with E-state index in [-0.39, 0.29) is 5.69 Å². The molecule has 23 heavy (non-hydrogen) atoms. The van der Waals surface area contributed by atoms with Gasteiger partial charge in [0.25, 0.3) is 0 Å². The van der Waals surface area contributed by atoms with Crippen molar-refractivity contribution in [1.82, 2.24) is 9.55 Å². The zero-order valence-corrected chi connectivity index (χ0v) is 16.0. The number of piperidine rings is 1. The molecule has 122 valence electrons. The SMILES string of the molecule is C[C@@H]1CCCCN1c1nc(=O)n2c3c(c(Br)c(Cl)cc13)SCC2. The Balaban J connectivity index is 2.05. The Kier molecular flexibility index (Phi) is 4.10. The lowest BCUT2D eigenvalue weighted by atomic mass is 10.0. The fraction of sp³-hybridized carbons (Fsp3) is 0.500. The van der Waals surface area contributed by atoms with Crippen molar-refractivity contribution in [3.8, 4) is 0 Å². The predicted molar refractivity (Wildman–Crippen MR) is 100 cm³/mol. The maximum Gasteiger partial charge on any atom is 0.350 e. The summed E-state index contributed by atoms with van der Waals surface area (Å²) in [5.41, 5.74) is 0.825. The molecule has 4 rings (SSSR count). The van der Waals surface area contributed by atoms with Gasteiger partial charge in [0.1, 0.15) is 5.82 Å². The van der Waals surface area contributed by atoms with E-state index >= 15 is 0 Å². The summed E-state index contributed by atoms with van der Waals surface area (Å²) in [6, 6.07) is 2.35. The van der Waals surface area contributed by atoms with Crippen LogP contribution >= 0.6 is 39.3 Å². The van der Waals surface area contributed by atoms with Crippen LogP contribution in [0.3, 0.4) is 0 Å². The molecule has 0 N–H and O–H groups in total. The third-order valence-electron chi connectivity index (χ3n) is 4.73. The molecule has 0 saturated carbocycles. The second kappa shape index (κ2) is 5.97. The first-order valence-corrected chi connectivity index (χ1v) is 10.1. The smallest absolute Gasteiger partial charge is 0.350 e. The van der Waals surface area contributed by atoms with Gasteiger partial charge >= 0.3 is 5.69 Å². The maximum absolute atomic E-state index is 12.6. The van der Waals surface area contributed by atoms with Crippen LogP contribution in [0.1, 0.15) is 26.2 Å². The molecule has 0 bridgehead atoms. The molecular formula is C16H17BrClN3OS. The minimum atomic E-state index is -0.152. The fourth-order valence-corrected chi connectivity index (χ4v) is 5.53. The Morgan fingerprint density at radius 1 is 1.39 bits per heavy atom. The molecule has 7 heteroatoms. The van der Waals surface area contributed by atoms with E-state index in [0.29, 0.717) is 17.6 Å². The first-order valence-electron chi connectivity index (χ1n) is 7.90. The number of benzene rings is 1. The molecule has 0 aliphatic carbocycles. The molecule has 1 fully saturated rings. The molecule has 2 aliphatic heterocycles. The van der Waals surface area contributed by atoms with E-state index in [4.69, 9.17) is 11.6 Å². The van der Waals surface area contributed by atoms with Gasteiger partial charge in [0.05, 0.1) is 15.0 Å². The average molecular weight is 415 g/mol. The molecule has 4 nitrogen and oxygen atoms in total. The van der Waals surface area contributed by atoms with Crippen LogP contribution in [0.25, 0.3) is 10.9 Å². The largest absolute Gasteiger partial charge is 0.353 e. The molecule has 2 aromatic rings. The summed E-state index contributed by atoms with van der Waals surface area (Å²) in [6.45, 7) is 3.85. The highest BCUT2D eigenvalue weighted by Gasteiger charge is 2.27. The lowest BCUT2D eigenvalue weighted by molar-refractivity contribution is 0.481. The summed E-state index contributed by atoms with van der Waals surface area (Å²) < 4.78 is 2.67. The summed E-state index contributed by atoms with van der Waals surface area (Å²) in [5, 5.41) is 1.67. The molecular weight excluding hydrogens is 398 g/mol. The van der Waals surface area contributed by atoms with Crippen molar-refractivity contribution < 1.29 is 0 Å². The fourth-order valence-electron chi connectivity index (χ4n) is 3.55. The van der Waals surface area contributed by atoms with Crippen molar-refractivity contribution >= 4 is 56.0 Å². The van der Waals surface area contributed by atoms with Gasteiger partial charge < -0.3 is 4.90 Å². The summed E-state index contributed by atoms with van der Waals surface area (Å²) in [7, 11) is 0. The van der Waals surface area contributed by atoms with Crippen molar-refractivity contribution in [3.05, 3.63) is 26.0 Å². The molecule has 1 atom stereocenters. The van der Waals surface area contributed by atoms with E-state index in [2.05, 4.69) is 32.7 Å². The van der Waals surface area contributed by atoms with Gasteiger partial charge in [-0.15, -0.1) is 11.8 Å². The van der Waals surface area contributed by atoms with Gasteiger partial charge in [-0.05, 0) is 48.2 Å². The number of halogens is 2. The number of anilines is 1. The zero-order chi connectivity index (χ0) is 16.1. The third kappa shape index (κ3) is 2.50. The van der Waals surface area contributed by atoms with Crippen molar-refractivity contribution in [2.75, 3.05) is 17.2 Å². The molecule has 0 amide bonds. The van der Waals surface area contributed by atoms with Crippen molar-refractivity contribution in [2.24, 2.45) is 0 Å². The van der Waals surface area contributed by atoms with Crippen LogP contribution in [0.15, 0.2) is 20.2 Å². The minimum absolute atomic E-state index is 0.152. The number of rotatable bonds is 1. The number of hydrogen-bond donors (Lipinski definition) is 0. The highest BCUT2D eigenvalue weighted by molar-refractivity contribution is 9.10. The van der Waals surface area contributed by atoms with E-state index in [1.54, 1.807) is 16.3 Å². The lowest BCUT2D eigenvalue weighted by Crippen LogP contribution is -2.40. The minimum Gasteiger partial charge on any atom is -0.353 e. The maximum atomic E-state index is 12.6. The van der Waals surface area contributed by atoms with E-state index < -0.39 is 0 Å². The Morgan fingerprint density at radius 2 is 2.22 bits per heavy atom. The molecule has 1 aromatic carbocycles. The van der Waals surface area contributed by atoms with Gasteiger partial charge in [-0.3, -0.25) is 4.57 Å². The van der Waals surface area contributed by atoms with Gasteiger partial charge in [0, 0.05) is 35.2 Å². The number of aromatic nitrogens is 2. The summed E-state index contributed by atoms with van der Waals surface area (Å²) in [5.74, 6) is 1.66. The predicted octanol–water partition coefficient (Wildman–Crippen LogP) is 4.30. The molecule has 1 saturated heterocycles. The molecule has 0 spiro atoms. The van der Waals surface area contributed by atoms with Crippen LogP contribution in [0.2, 0.25) is 5.02 Å². The second-order valence-electron chi connectivity index (χ2n) is 6.15. The Morgan fingerprint density at radius 3 is 3.00 bits per heavy atom. The summed E-state index contributed by atoms with van der Waals surface area (Å²) >= 11 is 11.8. The van der Waals surface area contributed by atoms with E-state index in [1.807, 2.05) is 6.07 Å². The van der Waals surface area contributed by atoms with E-state index in [0.717, 1.165) is 51.2 Å². The van der Waals surface area contributed by atoms with Crippen molar-refractivity contribution in [3.63, 3.8) is 0 Å². The molecule has 2 aliphatic rings. The van der Waals surface area contributed by atoms with Gasteiger partial charge in [0.15, 0.2) is 0 Å². The van der Waals surface area contributed by atoms with Crippen molar-refractivity contribution in [2.45, 2.75) is 43.7 Å². The number of nitrogens with zero attached hydrogens (tertiary/aromatic N) is 3.